The molecular formula is C19H28IN5. The Morgan fingerprint density at radius 1 is 1.24 bits per heavy atom. The lowest BCUT2D eigenvalue weighted by atomic mass is 9.82. The van der Waals surface area contributed by atoms with Crippen molar-refractivity contribution >= 4 is 35.6 Å². The van der Waals surface area contributed by atoms with Gasteiger partial charge in [-0.2, -0.15) is 0 Å². The topological polar surface area (TPSA) is 44.9 Å². The lowest BCUT2D eigenvalue weighted by Gasteiger charge is -2.22. The summed E-state index contributed by atoms with van der Waals surface area (Å²) in [7, 11) is 1.90. The molecule has 136 valence electrons. The number of hydrogen-bond donors (Lipinski definition) is 1. The van der Waals surface area contributed by atoms with Crippen molar-refractivity contribution in [3.8, 4) is 0 Å². The average molecular weight is 453 g/mol. The lowest BCUT2D eigenvalue weighted by Crippen LogP contribution is -2.41. The zero-order valence-corrected chi connectivity index (χ0v) is 17.2. The molecule has 0 radical (unpaired) electrons. The van der Waals surface area contributed by atoms with Crippen molar-refractivity contribution in [2.75, 3.05) is 26.7 Å². The third kappa shape index (κ3) is 4.10. The number of likely N-dealkylation sites (tertiary alicyclic amines) is 1. The summed E-state index contributed by atoms with van der Waals surface area (Å²) in [5.74, 6) is 2.83. The molecule has 6 heteroatoms. The molecule has 2 fully saturated rings. The second kappa shape index (κ2) is 8.38. The summed E-state index contributed by atoms with van der Waals surface area (Å²) in [6.07, 6.45) is 10.7. The Hall–Kier alpha value is -1.31. The maximum Gasteiger partial charge on any atom is 0.193 e. The number of fused-ring (bicyclic) bond motifs is 2. The van der Waals surface area contributed by atoms with E-state index in [0.29, 0.717) is 0 Å². The minimum absolute atomic E-state index is 0. The van der Waals surface area contributed by atoms with Crippen LogP contribution in [0.5, 0.6) is 0 Å². The molecule has 1 aliphatic heterocycles. The molecule has 5 nitrogen and oxygen atoms in total. The number of nitrogens with zero attached hydrogens (tertiary/aromatic N) is 4. The molecule has 0 aromatic carbocycles. The highest BCUT2D eigenvalue weighted by molar-refractivity contribution is 14.0. The van der Waals surface area contributed by atoms with E-state index in [4.69, 9.17) is 0 Å². The van der Waals surface area contributed by atoms with Gasteiger partial charge in [0.05, 0.1) is 5.69 Å². The molecule has 2 aromatic heterocycles. The van der Waals surface area contributed by atoms with Crippen LogP contribution in [0.1, 0.15) is 31.4 Å². The molecule has 2 unspecified atom stereocenters. The van der Waals surface area contributed by atoms with E-state index in [-0.39, 0.29) is 24.0 Å². The Labute approximate surface area is 166 Å². The Morgan fingerprint density at radius 3 is 2.68 bits per heavy atom. The van der Waals surface area contributed by atoms with Crippen LogP contribution in [-0.4, -0.2) is 46.9 Å². The van der Waals surface area contributed by atoms with Gasteiger partial charge in [-0.1, -0.05) is 18.9 Å². The minimum atomic E-state index is 0. The first-order valence-corrected chi connectivity index (χ1v) is 9.21. The van der Waals surface area contributed by atoms with Crippen LogP contribution in [-0.2, 0) is 6.42 Å². The zero-order valence-electron chi connectivity index (χ0n) is 14.9. The van der Waals surface area contributed by atoms with Crippen LogP contribution in [0.4, 0.5) is 0 Å². The highest BCUT2D eigenvalue weighted by atomic mass is 127. The predicted octanol–water partition coefficient (Wildman–Crippen LogP) is 3.19. The molecule has 2 aliphatic rings. The van der Waals surface area contributed by atoms with Crippen molar-refractivity contribution in [3.05, 3.63) is 36.3 Å². The Bertz CT molecular complexity index is 678. The van der Waals surface area contributed by atoms with Crippen LogP contribution in [0.25, 0.3) is 5.65 Å². The number of nitrogens with one attached hydrogen (secondary N) is 1. The molecule has 1 aliphatic carbocycles. The minimum Gasteiger partial charge on any atom is -0.356 e. The highest BCUT2D eigenvalue weighted by Crippen LogP contribution is 2.35. The fraction of sp³-hybridized carbons (Fsp3) is 0.579. The van der Waals surface area contributed by atoms with Crippen LogP contribution in [0.2, 0.25) is 0 Å². The van der Waals surface area contributed by atoms with E-state index in [1.165, 1.54) is 38.8 Å². The van der Waals surface area contributed by atoms with Crippen LogP contribution in [0.3, 0.4) is 0 Å². The van der Waals surface area contributed by atoms with Gasteiger partial charge in [0, 0.05) is 45.5 Å². The Balaban J connectivity index is 0.00000182. The van der Waals surface area contributed by atoms with Crippen molar-refractivity contribution in [1.82, 2.24) is 19.6 Å². The van der Waals surface area contributed by atoms with Crippen LogP contribution < -0.4 is 5.32 Å². The molecule has 0 spiro atoms. The second-order valence-electron chi connectivity index (χ2n) is 7.13. The van der Waals surface area contributed by atoms with Gasteiger partial charge < -0.3 is 14.6 Å². The first-order valence-electron chi connectivity index (χ1n) is 9.21. The molecule has 1 saturated carbocycles. The normalized spacial score (nSPS) is 23.4. The van der Waals surface area contributed by atoms with E-state index in [1.54, 1.807) is 0 Å². The number of rotatable bonds is 3. The summed E-state index contributed by atoms with van der Waals surface area (Å²) in [6, 6.07) is 6.10. The van der Waals surface area contributed by atoms with E-state index in [2.05, 4.69) is 30.8 Å². The van der Waals surface area contributed by atoms with Gasteiger partial charge in [0.2, 0.25) is 0 Å². The summed E-state index contributed by atoms with van der Waals surface area (Å²) in [4.78, 5) is 11.6. The third-order valence-corrected chi connectivity index (χ3v) is 5.57. The Kier molecular flexibility index (Phi) is 6.19. The summed E-state index contributed by atoms with van der Waals surface area (Å²) < 4.78 is 2.08. The van der Waals surface area contributed by atoms with Gasteiger partial charge in [-0.05, 0) is 36.8 Å². The molecule has 2 aromatic rings. The lowest BCUT2D eigenvalue weighted by molar-refractivity contribution is 0.299. The van der Waals surface area contributed by atoms with Crippen molar-refractivity contribution in [1.29, 1.82) is 0 Å². The Morgan fingerprint density at radius 2 is 2.00 bits per heavy atom. The van der Waals surface area contributed by atoms with E-state index in [9.17, 15) is 0 Å². The number of pyridine rings is 1. The van der Waals surface area contributed by atoms with Crippen LogP contribution in [0.15, 0.2) is 35.6 Å². The smallest absolute Gasteiger partial charge is 0.193 e. The van der Waals surface area contributed by atoms with Crippen molar-refractivity contribution in [3.63, 3.8) is 0 Å². The molecular weight excluding hydrogens is 425 g/mol. The molecule has 4 rings (SSSR count). The average Bonchev–Trinajstić information content (AvgIpc) is 3.21. The zero-order chi connectivity index (χ0) is 16.4. The van der Waals surface area contributed by atoms with Gasteiger partial charge in [0.1, 0.15) is 5.65 Å². The van der Waals surface area contributed by atoms with E-state index in [1.807, 2.05) is 31.4 Å². The molecule has 1 N–H and O–H groups in total. The summed E-state index contributed by atoms with van der Waals surface area (Å²) in [6.45, 7) is 3.24. The number of hydrogen-bond acceptors (Lipinski definition) is 2. The van der Waals surface area contributed by atoms with E-state index in [0.717, 1.165) is 42.1 Å². The number of aromatic nitrogens is 2. The summed E-state index contributed by atoms with van der Waals surface area (Å²) in [5, 5.41) is 3.54. The molecule has 0 amide bonds. The van der Waals surface area contributed by atoms with Gasteiger partial charge >= 0.3 is 0 Å². The standard InChI is InChI=1S/C19H27N5.HI/c1-20-19(24-12-15-6-2-3-7-16(15)13-24)21-10-9-17-14-23-11-5-4-8-18(23)22-17;/h4-5,8,11,14-16H,2-3,6-7,9-10,12-13H2,1H3,(H,20,21);1H. The predicted molar refractivity (Wildman–Crippen MR) is 113 cm³/mol. The molecule has 0 bridgehead atoms. The SMILES string of the molecule is CN=C(NCCc1cn2ccccc2n1)N1CC2CCCCC2C1.I. The summed E-state index contributed by atoms with van der Waals surface area (Å²) in [5.41, 5.74) is 2.14. The number of halogens is 1. The molecule has 2 atom stereocenters. The van der Waals surface area contributed by atoms with Crippen molar-refractivity contribution in [2.24, 2.45) is 16.8 Å². The monoisotopic (exact) mass is 453 g/mol. The molecule has 25 heavy (non-hydrogen) atoms. The van der Waals surface area contributed by atoms with Gasteiger partial charge in [-0.25, -0.2) is 4.98 Å². The van der Waals surface area contributed by atoms with Crippen LogP contribution in [0, 0.1) is 11.8 Å². The van der Waals surface area contributed by atoms with Crippen molar-refractivity contribution < 1.29 is 0 Å². The molecule has 1 saturated heterocycles. The number of imidazole rings is 1. The van der Waals surface area contributed by atoms with Crippen LogP contribution >= 0.6 is 24.0 Å². The largest absolute Gasteiger partial charge is 0.356 e. The fourth-order valence-electron chi connectivity index (χ4n) is 4.32. The molecule has 3 heterocycles. The van der Waals surface area contributed by atoms with E-state index >= 15 is 0 Å². The maximum absolute atomic E-state index is 4.66. The second-order valence-corrected chi connectivity index (χ2v) is 7.13. The van der Waals surface area contributed by atoms with Gasteiger partial charge in [-0.15, -0.1) is 24.0 Å². The van der Waals surface area contributed by atoms with E-state index < -0.39 is 0 Å². The van der Waals surface area contributed by atoms with Gasteiger partial charge in [0.15, 0.2) is 5.96 Å². The number of guanidine groups is 1. The number of aliphatic imine (C=N–C) groups is 1. The highest BCUT2D eigenvalue weighted by Gasteiger charge is 2.35. The first kappa shape index (κ1) is 18.5. The first-order chi connectivity index (χ1) is 11.8. The third-order valence-electron chi connectivity index (χ3n) is 5.57. The fourth-order valence-corrected chi connectivity index (χ4v) is 4.32. The van der Waals surface area contributed by atoms with Gasteiger partial charge in [0.25, 0.3) is 0 Å². The van der Waals surface area contributed by atoms with Gasteiger partial charge in [-0.3, -0.25) is 4.99 Å². The van der Waals surface area contributed by atoms with Crippen molar-refractivity contribution in [2.45, 2.75) is 32.1 Å². The quantitative estimate of drug-likeness (QED) is 0.441. The maximum atomic E-state index is 4.66. The summed E-state index contributed by atoms with van der Waals surface area (Å²) >= 11 is 0.